The largest absolute Gasteiger partial charge is 0.460 e. The second-order valence-electron chi connectivity index (χ2n) is 7.38. The van der Waals surface area contributed by atoms with Crippen molar-refractivity contribution in [2.45, 2.75) is 36.1 Å². The molecule has 3 aliphatic rings. The number of hydrogen-bond acceptors (Lipinski definition) is 9. The zero-order valence-corrected chi connectivity index (χ0v) is 19.7. The van der Waals surface area contributed by atoms with E-state index in [2.05, 4.69) is 18.5 Å². The van der Waals surface area contributed by atoms with E-state index in [0.717, 1.165) is 11.5 Å². The molecular formula is C20H24N2O6S3. The van der Waals surface area contributed by atoms with E-state index in [9.17, 15) is 19.2 Å². The number of carbonyl (C=O) groups is 4. The molecule has 0 aromatic heterocycles. The van der Waals surface area contributed by atoms with E-state index in [1.807, 2.05) is 13.8 Å². The highest BCUT2D eigenvalue weighted by atomic mass is 32.2. The van der Waals surface area contributed by atoms with Crippen LogP contribution in [0.5, 0.6) is 0 Å². The molecule has 3 aliphatic heterocycles. The van der Waals surface area contributed by atoms with Gasteiger partial charge in [0.15, 0.2) is 0 Å². The van der Waals surface area contributed by atoms with Crippen LogP contribution >= 0.6 is 35.3 Å². The van der Waals surface area contributed by atoms with E-state index < -0.39 is 40.1 Å². The summed E-state index contributed by atoms with van der Waals surface area (Å²) < 4.78 is 10.2. The lowest BCUT2D eigenvalue weighted by Gasteiger charge is -2.43. The van der Waals surface area contributed by atoms with Gasteiger partial charge in [0.2, 0.25) is 5.91 Å². The zero-order chi connectivity index (χ0) is 22.8. The standard InChI is InChI=1S/C20H24N2O6S3/c1-5-7-27-17(25)11(19-29-9-10-30-19)14(23)21-12-15(24)22-13(18(26)28-8-6-2)20(3,4)31-16(12)22/h5-6,12-13,16H,1-2,7-10H2,3-4H3,(H,21,23)/t12-,13?,16-/m1/s1. The Bertz CT molecular complexity index is 848. The first kappa shape index (κ1) is 23.8. The average molecular weight is 485 g/mol. The van der Waals surface area contributed by atoms with E-state index in [4.69, 9.17) is 9.47 Å². The highest BCUT2D eigenvalue weighted by molar-refractivity contribution is 8.25. The van der Waals surface area contributed by atoms with Crippen LogP contribution in [0.3, 0.4) is 0 Å². The molecule has 11 heteroatoms. The summed E-state index contributed by atoms with van der Waals surface area (Å²) >= 11 is 4.24. The summed E-state index contributed by atoms with van der Waals surface area (Å²) in [6.45, 7) is 10.8. The molecule has 0 aromatic carbocycles. The number of hydrogen-bond donors (Lipinski definition) is 1. The van der Waals surface area contributed by atoms with Gasteiger partial charge in [-0.25, -0.2) is 9.59 Å². The Hall–Kier alpha value is -1.85. The predicted molar refractivity (Wildman–Crippen MR) is 122 cm³/mol. The molecule has 1 unspecified atom stereocenters. The molecule has 0 saturated carbocycles. The molecule has 3 rings (SSSR count). The molecule has 0 radical (unpaired) electrons. The Kier molecular flexibility index (Phi) is 7.48. The lowest BCUT2D eigenvalue weighted by Crippen LogP contribution is -2.71. The molecule has 3 atom stereocenters. The highest BCUT2D eigenvalue weighted by Crippen LogP contribution is 2.51. The number of nitrogens with zero attached hydrogens (tertiary/aromatic N) is 1. The maximum absolute atomic E-state index is 13.0. The van der Waals surface area contributed by atoms with Crippen LogP contribution in [0.25, 0.3) is 0 Å². The fourth-order valence-corrected chi connectivity index (χ4v) is 7.62. The number of ether oxygens (including phenoxy) is 2. The van der Waals surface area contributed by atoms with Crippen molar-refractivity contribution in [3.63, 3.8) is 0 Å². The van der Waals surface area contributed by atoms with Crippen LogP contribution in [0.4, 0.5) is 0 Å². The van der Waals surface area contributed by atoms with Crippen LogP contribution in [0.15, 0.2) is 35.1 Å². The van der Waals surface area contributed by atoms with Crippen LogP contribution < -0.4 is 5.32 Å². The van der Waals surface area contributed by atoms with Crippen molar-refractivity contribution in [2.75, 3.05) is 24.7 Å². The fourth-order valence-electron chi connectivity index (χ4n) is 3.49. The molecule has 0 aromatic rings. The molecule has 0 bridgehead atoms. The van der Waals surface area contributed by atoms with Gasteiger partial charge in [0.25, 0.3) is 5.91 Å². The van der Waals surface area contributed by atoms with Crippen LogP contribution in [-0.4, -0.2) is 75.6 Å². The van der Waals surface area contributed by atoms with Gasteiger partial charge in [0, 0.05) is 16.3 Å². The van der Waals surface area contributed by atoms with Gasteiger partial charge in [-0.1, -0.05) is 25.3 Å². The molecule has 8 nitrogen and oxygen atoms in total. The average Bonchev–Trinajstić information content (AvgIpc) is 3.33. The lowest BCUT2D eigenvalue weighted by atomic mass is 9.96. The number of thioether (sulfide) groups is 3. The Morgan fingerprint density at radius 1 is 1.16 bits per heavy atom. The summed E-state index contributed by atoms with van der Waals surface area (Å²) in [5.41, 5.74) is -0.0928. The van der Waals surface area contributed by atoms with Crippen LogP contribution in [-0.2, 0) is 28.7 Å². The minimum absolute atomic E-state index is 0.0183. The summed E-state index contributed by atoms with van der Waals surface area (Å²) in [6, 6.07) is -1.60. The van der Waals surface area contributed by atoms with Gasteiger partial charge in [0.05, 0.1) is 4.24 Å². The molecule has 1 N–H and O–H groups in total. The third-order valence-corrected chi connectivity index (χ3v) is 9.10. The first-order valence-electron chi connectivity index (χ1n) is 9.59. The summed E-state index contributed by atoms with van der Waals surface area (Å²) in [6.07, 6.45) is 2.88. The van der Waals surface area contributed by atoms with Crippen molar-refractivity contribution in [3.8, 4) is 0 Å². The number of fused-ring (bicyclic) bond motifs is 1. The number of β-lactam (4-membered cyclic amide) rings is 1. The summed E-state index contributed by atoms with van der Waals surface area (Å²) in [5, 5.41) is 2.26. The number of rotatable bonds is 8. The third kappa shape index (κ3) is 4.68. The molecule has 31 heavy (non-hydrogen) atoms. The summed E-state index contributed by atoms with van der Waals surface area (Å²) in [7, 11) is 0. The number of nitrogens with one attached hydrogen (secondary N) is 1. The first-order valence-corrected chi connectivity index (χ1v) is 12.4. The monoisotopic (exact) mass is 484 g/mol. The molecule has 3 saturated heterocycles. The van der Waals surface area contributed by atoms with E-state index in [0.29, 0.717) is 4.24 Å². The molecule has 3 heterocycles. The Balaban J connectivity index is 1.75. The Morgan fingerprint density at radius 3 is 2.39 bits per heavy atom. The normalized spacial score (nSPS) is 25.9. The number of amides is 2. The number of carbonyl (C=O) groups excluding carboxylic acids is 4. The second kappa shape index (κ2) is 9.74. The second-order valence-corrected chi connectivity index (χ2v) is 11.6. The minimum atomic E-state index is -0.840. The quantitative estimate of drug-likeness (QED) is 0.138. The first-order chi connectivity index (χ1) is 14.7. The van der Waals surface area contributed by atoms with E-state index in [1.165, 1.54) is 52.3 Å². The highest BCUT2D eigenvalue weighted by Gasteiger charge is 2.64. The van der Waals surface area contributed by atoms with E-state index >= 15 is 0 Å². The maximum Gasteiger partial charge on any atom is 0.345 e. The molecule has 2 amide bonds. The van der Waals surface area contributed by atoms with Crippen LogP contribution in [0.2, 0.25) is 0 Å². The molecule has 0 spiro atoms. The third-order valence-electron chi connectivity index (χ3n) is 4.81. The molecule has 0 aliphatic carbocycles. The smallest absolute Gasteiger partial charge is 0.345 e. The van der Waals surface area contributed by atoms with Crippen LogP contribution in [0.1, 0.15) is 13.8 Å². The van der Waals surface area contributed by atoms with Crippen LogP contribution in [0, 0.1) is 0 Å². The van der Waals surface area contributed by atoms with Crippen molar-refractivity contribution >= 4 is 59.0 Å². The van der Waals surface area contributed by atoms with Crippen molar-refractivity contribution in [3.05, 3.63) is 35.1 Å². The Labute approximate surface area is 193 Å². The Morgan fingerprint density at radius 2 is 1.77 bits per heavy atom. The van der Waals surface area contributed by atoms with E-state index in [1.54, 1.807) is 0 Å². The van der Waals surface area contributed by atoms with E-state index in [-0.39, 0.29) is 24.7 Å². The maximum atomic E-state index is 13.0. The van der Waals surface area contributed by atoms with Crippen molar-refractivity contribution in [1.29, 1.82) is 0 Å². The fraction of sp³-hybridized carbons (Fsp3) is 0.500. The minimum Gasteiger partial charge on any atom is -0.460 e. The van der Waals surface area contributed by atoms with Crippen molar-refractivity contribution < 1.29 is 28.7 Å². The van der Waals surface area contributed by atoms with Gasteiger partial charge in [-0.2, -0.15) is 0 Å². The summed E-state index contributed by atoms with van der Waals surface area (Å²) in [4.78, 5) is 52.3. The number of esters is 2. The zero-order valence-electron chi connectivity index (χ0n) is 17.3. The topological polar surface area (TPSA) is 102 Å². The SMILES string of the molecule is C=CCOC(=O)C(C(=O)N[C@@H]1C(=O)N2C(C(=O)OCC=C)C(C)(C)S[C@H]12)=C1SCCS1. The van der Waals surface area contributed by atoms with Gasteiger partial charge in [-0.05, 0) is 13.8 Å². The van der Waals surface area contributed by atoms with Gasteiger partial charge >= 0.3 is 11.9 Å². The summed E-state index contributed by atoms with van der Waals surface area (Å²) in [5.74, 6) is -0.727. The lowest BCUT2D eigenvalue weighted by molar-refractivity contribution is -0.163. The van der Waals surface area contributed by atoms with Gasteiger partial charge in [-0.15, -0.1) is 35.3 Å². The van der Waals surface area contributed by atoms with Gasteiger partial charge < -0.3 is 19.7 Å². The van der Waals surface area contributed by atoms with Gasteiger partial charge in [-0.3, -0.25) is 9.59 Å². The van der Waals surface area contributed by atoms with Crippen molar-refractivity contribution in [2.24, 2.45) is 0 Å². The molecule has 168 valence electrons. The van der Waals surface area contributed by atoms with Crippen molar-refractivity contribution in [1.82, 2.24) is 10.2 Å². The molecular weight excluding hydrogens is 460 g/mol. The predicted octanol–water partition coefficient (Wildman–Crippen LogP) is 1.68. The molecule has 3 fully saturated rings. The van der Waals surface area contributed by atoms with Gasteiger partial charge in [0.1, 0.15) is 36.2 Å².